The van der Waals surface area contributed by atoms with E-state index < -0.39 is 5.91 Å². The van der Waals surface area contributed by atoms with Gasteiger partial charge in [-0.3, -0.25) is 9.59 Å². The van der Waals surface area contributed by atoms with Crippen molar-refractivity contribution in [2.45, 2.75) is 13.8 Å². The Morgan fingerprint density at radius 2 is 1.78 bits per heavy atom. The van der Waals surface area contributed by atoms with Gasteiger partial charge in [0.1, 0.15) is 0 Å². The van der Waals surface area contributed by atoms with Crippen LogP contribution in [0.2, 0.25) is 0 Å². The van der Waals surface area contributed by atoms with E-state index in [0.717, 1.165) is 24.3 Å². The molecule has 0 saturated heterocycles. The Kier molecular flexibility index (Phi) is 5.61. The summed E-state index contributed by atoms with van der Waals surface area (Å²) in [4.78, 5) is 26.4. The Morgan fingerprint density at radius 3 is 2.44 bits per heavy atom. The van der Waals surface area contributed by atoms with Gasteiger partial charge in [-0.1, -0.05) is 30.3 Å². The van der Waals surface area contributed by atoms with Crippen molar-refractivity contribution in [3.8, 4) is 0 Å². The van der Waals surface area contributed by atoms with Crippen molar-refractivity contribution >= 4 is 28.6 Å². The van der Waals surface area contributed by atoms with Gasteiger partial charge in [0, 0.05) is 24.2 Å². The Bertz CT molecular complexity index is 1020. The minimum atomic E-state index is -0.488. The Hall–Kier alpha value is -3.48. The number of amides is 1. The molecule has 1 amide bonds. The number of rotatable bonds is 6. The number of aromatic nitrogens is 2. The Morgan fingerprint density at radius 1 is 1.11 bits per heavy atom. The highest BCUT2D eigenvalue weighted by atomic mass is 16.2. The molecule has 0 saturated carbocycles. The average Bonchev–Trinajstić information content (AvgIpc) is 2.70. The van der Waals surface area contributed by atoms with Crippen molar-refractivity contribution in [1.29, 1.82) is 0 Å². The van der Waals surface area contributed by atoms with E-state index in [2.05, 4.69) is 39.5 Å². The van der Waals surface area contributed by atoms with E-state index in [9.17, 15) is 9.59 Å². The molecule has 0 unspecified atom stereocenters. The van der Waals surface area contributed by atoms with E-state index >= 15 is 0 Å². The fourth-order valence-corrected chi connectivity index (χ4v) is 2.87. The molecule has 27 heavy (non-hydrogen) atoms. The lowest BCUT2D eigenvalue weighted by atomic mass is 10.1. The third kappa shape index (κ3) is 4.03. The highest BCUT2D eigenvalue weighted by Crippen LogP contribution is 2.14. The first-order valence-corrected chi connectivity index (χ1v) is 8.79. The first-order chi connectivity index (χ1) is 13.1. The van der Waals surface area contributed by atoms with Gasteiger partial charge in [0.15, 0.2) is 5.69 Å². The molecular formula is C20H21N5O2. The van der Waals surface area contributed by atoms with Crippen LogP contribution in [-0.2, 0) is 0 Å². The number of nitrogens with zero attached hydrogens (tertiary/aromatic N) is 3. The monoisotopic (exact) mass is 363 g/mol. The number of benzene rings is 2. The van der Waals surface area contributed by atoms with Gasteiger partial charge in [0.05, 0.1) is 11.6 Å². The van der Waals surface area contributed by atoms with Crippen LogP contribution in [0.15, 0.2) is 58.4 Å². The molecule has 0 fully saturated rings. The van der Waals surface area contributed by atoms with Gasteiger partial charge in [-0.25, -0.2) is 10.5 Å². The average molecular weight is 363 g/mol. The van der Waals surface area contributed by atoms with Gasteiger partial charge in [-0.05, 0) is 37.6 Å². The van der Waals surface area contributed by atoms with Crippen LogP contribution in [0.25, 0.3) is 10.8 Å². The molecule has 3 rings (SSSR count). The lowest BCUT2D eigenvalue weighted by molar-refractivity contribution is 0.0951. The highest BCUT2D eigenvalue weighted by molar-refractivity contribution is 6.04. The van der Waals surface area contributed by atoms with Crippen molar-refractivity contribution in [1.82, 2.24) is 15.6 Å². The molecule has 7 heteroatoms. The molecule has 2 aromatic carbocycles. The standard InChI is InChI=1S/C20H21N5O2/c1-3-25(4-2)15-11-9-14(10-12-15)13-21-23-20(27)18-16-7-5-6-8-17(16)19(26)24-22-18/h5-13H,3-4H2,1-2H3,(H,23,27)(H,24,26)/b21-13-. The molecule has 0 aliphatic rings. The summed E-state index contributed by atoms with van der Waals surface area (Å²) in [5, 5.41) is 11.1. The molecule has 0 spiro atoms. The zero-order valence-corrected chi connectivity index (χ0v) is 15.3. The van der Waals surface area contributed by atoms with Gasteiger partial charge in [-0.15, -0.1) is 0 Å². The molecule has 1 aromatic heterocycles. The third-order valence-corrected chi connectivity index (χ3v) is 4.31. The quantitative estimate of drug-likeness (QED) is 0.520. The van der Waals surface area contributed by atoms with E-state index in [-0.39, 0.29) is 11.3 Å². The maximum atomic E-state index is 12.4. The molecular weight excluding hydrogens is 342 g/mol. The number of carbonyl (C=O) groups is 1. The Balaban J connectivity index is 1.73. The van der Waals surface area contributed by atoms with E-state index in [1.807, 2.05) is 24.3 Å². The van der Waals surface area contributed by atoms with Crippen molar-refractivity contribution in [2.24, 2.45) is 5.10 Å². The molecule has 3 aromatic rings. The normalized spacial score (nSPS) is 11.0. The van der Waals surface area contributed by atoms with Gasteiger partial charge < -0.3 is 4.90 Å². The molecule has 0 aliphatic carbocycles. The van der Waals surface area contributed by atoms with Crippen LogP contribution >= 0.6 is 0 Å². The van der Waals surface area contributed by atoms with Crippen molar-refractivity contribution in [3.63, 3.8) is 0 Å². The topological polar surface area (TPSA) is 90.4 Å². The van der Waals surface area contributed by atoms with Crippen LogP contribution in [0, 0.1) is 0 Å². The lowest BCUT2D eigenvalue weighted by Gasteiger charge is -2.20. The summed E-state index contributed by atoms with van der Waals surface area (Å²) < 4.78 is 0. The van der Waals surface area contributed by atoms with E-state index in [1.54, 1.807) is 30.5 Å². The number of aromatic amines is 1. The zero-order valence-electron chi connectivity index (χ0n) is 15.3. The molecule has 0 aliphatic heterocycles. The van der Waals surface area contributed by atoms with E-state index in [1.165, 1.54) is 0 Å². The summed E-state index contributed by atoms with van der Waals surface area (Å²) in [5.41, 5.74) is 4.25. The van der Waals surface area contributed by atoms with Crippen LogP contribution in [0.5, 0.6) is 0 Å². The summed E-state index contributed by atoms with van der Waals surface area (Å²) in [5.74, 6) is -0.488. The minimum absolute atomic E-state index is 0.124. The summed E-state index contributed by atoms with van der Waals surface area (Å²) in [6.07, 6.45) is 1.57. The number of hydrogen-bond donors (Lipinski definition) is 2. The summed E-state index contributed by atoms with van der Waals surface area (Å²) >= 11 is 0. The fraction of sp³-hybridized carbons (Fsp3) is 0.200. The zero-order chi connectivity index (χ0) is 19.2. The number of carbonyl (C=O) groups excluding carboxylic acids is 1. The van der Waals surface area contributed by atoms with Crippen LogP contribution in [-0.4, -0.2) is 35.4 Å². The predicted molar refractivity (Wildman–Crippen MR) is 107 cm³/mol. The predicted octanol–water partition coefficient (Wildman–Crippen LogP) is 2.53. The number of nitrogens with one attached hydrogen (secondary N) is 2. The highest BCUT2D eigenvalue weighted by Gasteiger charge is 2.13. The summed E-state index contributed by atoms with van der Waals surface area (Å²) in [6, 6.07) is 14.7. The van der Waals surface area contributed by atoms with Crippen molar-refractivity contribution < 1.29 is 4.79 Å². The van der Waals surface area contributed by atoms with Gasteiger partial charge in [0.25, 0.3) is 11.5 Å². The van der Waals surface area contributed by atoms with Crippen molar-refractivity contribution in [2.75, 3.05) is 18.0 Å². The maximum absolute atomic E-state index is 12.4. The fourth-order valence-electron chi connectivity index (χ4n) is 2.87. The Labute approximate surface area is 156 Å². The molecule has 138 valence electrons. The van der Waals surface area contributed by atoms with Crippen LogP contribution < -0.4 is 15.9 Å². The smallest absolute Gasteiger partial charge is 0.292 e. The second-order valence-corrected chi connectivity index (χ2v) is 5.91. The van der Waals surface area contributed by atoms with Gasteiger partial charge >= 0.3 is 0 Å². The molecule has 0 atom stereocenters. The number of anilines is 1. The number of fused-ring (bicyclic) bond motifs is 1. The van der Waals surface area contributed by atoms with Crippen LogP contribution in [0.1, 0.15) is 29.9 Å². The van der Waals surface area contributed by atoms with Crippen LogP contribution in [0.3, 0.4) is 0 Å². The molecule has 2 N–H and O–H groups in total. The van der Waals surface area contributed by atoms with Crippen molar-refractivity contribution in [3.05, 3.63) is 70.1 Å². The SMILES string of the molecule is CCN(CC)c1ccc(/C=N\NC(=O)c2n[nH]c(=O)c3ccccc23)cc1. The largest absolute Gasteiger partial charge is 0.372 e. The van der Waals surface area contributed by atoms with Gasteiger partial charge in [-0.2, -0.15) is 10.2 Å². The third-order valence-electron chi connectivity index (χ3n) is 4.31. The van der Waals surface area contributed by atoms with Crippen LogP contribution in [0.4, 0.5) is 5.69 Å². The lowest BCUT2D eigenvalue weighted by Crippen LogP contribution is -2.22. The number of hydrogen-bond acceptors (Lipinski definition) is 5. The number of hydrazone groups is 1. The minimum Gasteiger partial charge on any atom is -0.372 e. The molecule has 1 heterocycles. The molecule has 0 bridgehead atoms. The summed E-state index contributed by atoms with van der Waals surface area (Å²) in [7, 11) is 0. The van der Waals surface area contributed by atoms with Gasteiger partial charge in [0.2, 0.25) is 0 Å². The van der Waals surface area contributed by atoms with E-state index in [4.69, 9.17) is 0 Å². The first kappa shape index (κ1) is 18.3. The second-order valence-electron chi connectivity index (χ2n) is 5.91. The molecule has 0 radical (unpaired) electrons. The second kappa shape index (κ2) is 8.27. The number of H-pyrrole nitrogens is 1. The molecule has 7 nitrogen and oxygen atoms in total. The first-order valence-electron chi connectivity index (χ1n) is 8.79. The summed E-state index contributed by atoms with van der Waals surface area (Å²) in [6.45, 7) is 6.12. The maximum Gasteiger partial charge on any atom is 0.292 e. The van der Waals surface area contributed by atoms with E-state index in [0.29, 0.717) is 10.8 Å².